The largest absolute Gasteiger partial charge is 0.244 e. The monoisotopic (exact) mass is 321 g/mol. The van der Waals surface area contributed by atoms with E-state index in [1.54, 1.807) is 13.0 Å². The fourth-order valence-corrected chi connectivity index (χ4v) is 4.56. The molecule has 1 saturated heterocycles. The van der Waals surface area contributed by atoms with Crippen LogP contribution in [0.3, 0.4) is 0 Å². The summed E-state index contributed by atoms with van der Waals surface area (Å²) in [6.07, 6.45) is 3.98. The van der Waals surface area contributed by atoms with Crippen molar-refractivity contribution in [2.45, 2.75) is 37.5 Å². The highest BCUT2D eigenvalue weighted by molar-refractivity contribution is 7.89. The summed E-state index contributed by atoms with van der Waals surface area (Å²) in [5.41, 5.74) is 0.610. The maximum absolute atomic E-state index is 12.6. The minimum Gasteiger partial charge on any atom is -0.207 e. The van der Waals surface area contributed by atoms with Gasteiger partial charge in [0.2, 0.25) is 10.0 Å². The molecule has 0 aliphatic carbocycles. The molecule has 3 nitrogen and oxygen atoms in total. The van der Waals surface area contributed by atoms with Crippen molar-refractivity contribution in [1.29, 1.82) is 0 Å². The van der Waals surface area contributed by atoms with Gasteiger partial charge in [0, 0.05) is 18.1 Å². The van der Waals surface area contributed by atoms with Crippen molar-refractivity contribution in [3.8, 4) is 0 Å². The van der Waals surface area contributed by atoms with Gasteiger partial charge in [-0.1, -0.05) is 36.0 Å². The van der Waals surface area contributed by atoms with Crippen LogP contribution in [0.25, 0.3) is 0 Å². The Morgan fingerprint density at radius 2 is 1.63 bits per heavy atom. The molecule has 0 atom stereocenters. The van der Waals surface area contributed by atoms with Crippen LogP contribution in [0.15, 0.2) is 17.0 Å². The summed E-state index contributed by atoms with van der Waals surface area (Å²) in [5, 5.41) is 0.719. The Hall–Kier alpha value is -0.290. The number of benzene rings is 1. The van der Waals surface area contributed by atoms with Crippen LogP contribution >= 0.6 is 23.2 Å². The third-order valence-corrected chi connectivity index (χ3v) is 6.42. The smallest absolute Gasteiger partial charge is 0.207 e. The Morgan fingerprint density at radius 1 is 1.05 bits per heavy atom. The average molecular weight is 322 g/mol. The molecule has 0 radical (unpaired) electrons. The van der Waals surface area contributed by atoms with Gasteiger partial charge in [0.15, 0.2) is 0 Å². The third-order valence-electron chi connectivity index (χ3n) is 3.47. The Bertz CT molecular complexity index is 564. The molecule has 0 unspecified atom stereocenters. The lowest BCUT2D eigenvalue weighted by Crippen LogP contribution is -2.32. The fraction of sp³-hybridized carbons (Fsp3) is 0.538. The quantitative estimate of drug-likeness (QED) is 0.829. The Kier molecular flexibility index (Phi) is 4.77. The summed E-state index contributed by atoms with van der Waals surface area (Å²) in [7, 11) is -3.51. The summed E-state index contributed by atoms with van der Waals surface area (Å²) < 4.78 is 26.8. The maximum atomic E-state index is 12.6. The molecule has 1 aliphatic rings. The minimum atomic E-state index is -3.51. The van der Waals surface area contributed by atoms with E-state index in [2.05, 4.69) is 0 Å². The summed E-state index contributed by atoms with van der Waals surface area (Å²) in [6, 6.07) is 3.09. The van der Waals surface area contributed by atoms with E-state index in [4.69, 9.17) is 23.2 Å². The van der Waals surface area contributed by atoms with Crippen molar-refractivity contribution in [1.82, 2.24) is 4.31 Å². The normalized spacial score (nSPS) is 18.3. The van der Waals surface area contributed by atoms with E-state index in [1.807, 2.05) is 0 Å². The molecule has 1 aromatic rings. The molecule has 0 aromatic heterocycles. The number of sulfonamides is 1. The van der Waals surface area contributed by atoms with E-state index in [-0.39, 0.29) is 9.92 Å². The first-order valence-electron chi connectivity index (χ1n) is 6.39. The molecule has 19 heavy (non-hydrogen) atoms. The minimum absolute atomic E-state index is 0.165. The van der Waals surface area contributed by atoms with Crippen molar-refractivity contribution < 1.29 is 8.42 Å². The third kappa shape index (κ3) is 3.07. The number of hydrogen-bond acceptors (Lipinski definition) is 2. The molecule has 1 aliphatic heterocycles. The molecule has 0 amide bonds. The van der Waals surface area contributed by atoms with Gasteiger partial charge in [-0.2, -0.15) is 4.31 Å². The van der Waals surface area contributed by atoms with Gasteiger partial charge in [-0.25, -0.2) is 8.42 Å². The molecule has 0 spiro atoms. The van der Waals surface area contributed by atoms with Crippen molar-refractivity contribution in [2.75, 3.05) is 13.1 Å². The fourth-order valence-electron chi connectivity index (χ4n) is 2.26. The number of hydrogen-bond donors (Lipinski definition) is 0. The van der Waals surface area contributed by atoms with Gasteiger partial charge in [0.05, 0.1) is 5.02 Å². The lowest BCUT2D eigenvalue weighted by molar-refractivity contribution is 0.424. The van der Waals surface area contributed by atoms with Crippen LogP contribution in [-0.4, -0.2) is 25.8 Å². The van der Waals surface area contributed by atoms with E-state index in [0.29, 0.717) is 23.7 Å². The molecular weight excluding hydrogens is 305 g/mol. The number of nitrogens with zero attached hydrogens (tertiary/aromatic N) is 1. The van der Waals surface area contributed by atoms with Gasteiger partial charge in [-0.15, -0.1) is 0 Å². The first kappa shape index (κ1) is 15.1. The van der Waals surface area contributed by atoms with Crippen LogP contribution in [0.1, 0.15) is 31.2 Å². The van der Waals surface area contributed by atoms with E-state index in [0.717, 1.165) is 25.7 Å². The molecule has 0 N–H and O–H groups in total. The summed E-state index contributed by atoms with van der Waals surface area (Å²) >= 11 is 12.1. The Balaban J connectivity index is 2.41. The van der Waals surface area contributed by atoms with Gasteiger partial charge in [-0.3, -0.25) is 0 Å². The van der Waals surface area contributed by atoms with Gasteiger partial charge in [0.25, 0.3) is 0 Å². The highest BCUT2D eigenvalue weighted by Crippen LogP contribution is 2.32. The van der Waals surface area contributed by atoms with Gasteiger partial charge in [0.1, 0.15) is 4.90 Å². The van der Waals surface area contributed by atoms with Crippen LogP contribution < -0.4 is 0 Å². The Morgan fingerprint density at radius 3 is 2.21 bits per heavy atom. The number of rotatable bonds is 2. The summed E-state index contributed by atoms with van der Waals surface area (Å²) in [5.74, 6) is 0. The van der Waals surface area contributed by atoms with Gasteiger partial charge < -0.3 is 0 Å². The van der Waals surface area contributed by atoms with Gasteiger partial charge in [-0.05, 0) is 37.5 Å². The van der Waals surface area contributed by atoms with E-state index < -0.39 is 10.0 Å². The molecule has 1 aromatic carbocycles. The maximum Gasteiger partial charge on any atom is 0.244 e. The molecule has 106 valence electrons. The highest BCUT2D eigenvalue weighted by Gasteiger charge is 2.28. The zero-order chi connectivity index (χ0) is 14.0. The van der Waals surface area contributed by atoms with Gasteiger partial charge >= 0.3 is 0 Å². The first-order chi connectivity index (χ1) is 8.94. The molecule has 6 heteroatoms. The second kappa shape index (κ2) is 6.00. The molecule has 1 heterocycles. The van der Waals surface area contributed by atoms with E-state index >= 15 is 0 Å². The summed E-state index contributed by atoms with van der Waals surface area (Å²) in [4.78, 5) is 0.165. The van der Waals surface area contributed by atoms with Crippen molar-refractivity contribution in [3.05, 3.63) is 27.7 Å². The molecule has 2 rings (SSSR count). The lowest BCUT2D eigenvalue weighted by atomic mass is 10.2. The highest BCUT2D eigenvalue weighted by atomic mass is 35.5. The second-order valence-electron chi connectivity index (χ2n) is 4.80. The SMILES string of the molecule is Cc1c(Cl)ccc(S(=O)(=O)N2CCCCCC2)c1Cl. The van der Waals surface area contributed by atoms with Crippen LogP contribution in [0.5, 0.6) is 0 Å². The number of halogens is 2. The van der Waals surface area contributed by atoms with Crippen LogP contribution in [0.4, 0.5) is 0 Å². The summed E-state index contributed by atoms with van der Waals surface area (Å²) in [6.45, 7) is 2.87. The first-order valence-corrected chi connectivity index (χ1v) is 8.59. The van der Waals surface area contributed by atoms with E-state index in [9.17, 15) is 8.42 Å². The lowest BCUT2D eigenvalue weighted by Gasteiger charge is -2.21. The van der Waals surface area contributed by atoms with Crippen molar-refractivity contribution in [2.24, 2.45) is 0 Å². The molecule has 1 fully saturated rings. The topological polar surface area (TPSA) is 37.4 Å². The zero-order valence-electron chi connectivity index (χ0n) is 10.8. The standard InChI is InChI=1S/C13H17Cl2NO2S/c1-10-11(14)6-7-12(13(10)15)19(17,18)16-8-4-2-3-5-9-16/h6-7H,2-5,8-9H2,1H3. The van der Waals surface area contributed by atoms with Crippen LogP contribution in [0.2, 0.25) is 10.0 Å². The predicted molar refractivity (Wildman–Crippen MR) is 78.4 cm³/mol. The van der Waals surface area contributed by atoms with Crippen molar-refractivity contribution in [3.63, 3.8) is 0 Å². The molecule has 0 bridgehead atoms. The molecule has 0 saturated carbocycles. The van der Waals surface area contributed by atoms with Crippen molar-refractivity contribution >= 4 is 33.2 Å². The zero-order valence-corrected chi connectivity index (χ0v) is 13.2. The van der Waals surface area contributed by atoms with E-state index in [1.165, 1.54) is 10.4 Å². The predicted octanol–water partition coefficient (Wildman–Crippen LogP) is 3.87. The van der Waals surface area contributed by atoms with Crippen LogP contribution in [-0.2, 0) is 10.0 Å². The second-order valence-corrected chi connectivity index (χ2v) is 7.49. The molecular formula is C13H17Cl2NO2S. The Labute approximate surface area is 124 Å². The average Bonchev–Trinajstić information content (AvgIpc) is 2.65. The van der Waals surface area contributed by atoms with Crippen LogP contribution in [0, 0.1) is 6.92 Å².